The highest BCUT2D eigenvalue weighted by Crippen LogP contribution is 2.63. The van der Waals surface area contributed by atoms with Crippen LogP contribution in [0.1, 0.15) is 22.3 Å². The van der Waals surface area contributed by atoms with Gasteiger partial charge in [0, 0.05) is 27.9 Å². The normalized spacial score (nSPS) is 14.3. The lowest BCUT2D eigenvalue weighted by Gasteiger charge is -2.31. The van der Waals surface area contributed by atoms with Crippen molar-refractivity contribution in [2.45, 2.75) is 5.41 Å². The van der Waals surface area contributed by atoms with Crippen LogP contribution in [0, 0.1) is 0 Å². The number of hydrogen-bond acceptors (Lipinski definition) is 4. The number of hydrogen-bond donors (Lipinski definition) is 0. The predicted octanol–water partition coefficient (Wildman–Crippen LogP) is 13.9. The molecule has 2 aliphatic rings. The molecule has 298 valence electrons. The second-order valence-corrected chi connectivity index (χ2v) is 16.6. The third-order valence-corrected chi connectivity index (χ3v) is 13.1. The maximum atomic E-state index is 5.21. The van der Waals surface area contributed by atoms with Crippen LogP contribution in [0.4, 0.5) is 0 Å². The van der Waals surface area contributed by atoms with Gasteiger partial charge in [-0.05, 0) is 98.1 Å². The van der Waals surface area contributed by atoms with E-state index in [1.165, 1.54) is 44.5 Å². The highest BCUT2D eigenvalue weighted by atomic mass is 15.1. The molecule has 0 aliphatic heterocycles. The number of fused-ring (bicyclic) bond motifs is 11. The van der Waals surface area contributed by atoms with E-state index >= 15 is 0 Å². The minimum absolute atomic E-state index is 0.583. The fourth-order valence-electron chi connectivity index (χ4n) is 10.3. The van der Waals surface area contributed by atoms with Crippen LogP contribution in [-0.4, -0.2) is 24.5 Å². The van der Waals surface area contributed by atoms with Gasteiger partial charge in [-0.25, -0.2) is 19.9 Å². The average Bonchev–Trinajstić information content (AvgIpc) is 4.01. The van der Waals surface area contributed by atoms with Gasteiger partial charge in [0.25, 0.3) is 0 Å². The van der Waals surface area contributed by atoms with Crippen molar-refractivity contribution in [2.24, 2.45) is 0 Å². The summed E-state index contributed by atoms with van der Waals surface area (Å²) >= 11 is 0. The van der Waals surface area contributed by atoms with Crippen molar-refractivity contribution in [1.82, 2.24) is 24.5 Å². The second-order valence-electron chi connectivity index (χ2n) is 16.6. The summed E-state index contributed by atoms with van der Waals surface area (Å²) in [4.78, 5) is 20.6. The van der Waals surface area contributed by atoms with Gasteiger partial charge in [-0.15, -0.1) is 0 Å². The van der Waals surface area contributed by atoms with E-state index in [4.69, 9.17) is 19.9 Å². The quantitative estimate of drug-likeness (QED) is 0.168. The molecule has 9 aromatic carbocycles. The molecule has 0 fully saturated rings. The van der Waals surface area contributed by atoms with Gasteiger partial charge in [-0.3, -0.25) is 4.57 Å². The van der Waals surface area contributed by atoms with E-state index in [-0.39, 0.29) is 0 Å². The van der Waals surface area contributed by atoms with Crippen molar-refractivity contribution >= 4 is 11.0 Å². The fourth-order valence-corrected chi connectivity index (χ4v) is 10.3. The summed E-state index contributed by atoms with van der Waals surface area (Å²) in [5.74, 6) is 2.84. The van der Waals surface area contributed by atoms with Crippen molar-refractivity contribution in [3.8, 4) is 84.6 Å². The Bertz CT molecular complexity index is 3540. The average molecular weight is 816 g/mol. The molecule has 0 bridgehead atoms. The maximum Gasteiger partial charge on any atom is 0.164 e. The Morgan fingerprint density at radius 2 is 0.750 bits per heavy atom. The van der Waals surface area contributed by atoms with Crippen molar-refractivity contribution < 1.29 is 0 Å². The third kappa shape index (κ3) is 5.44. The first kappa shape index (κ1) is 36.1. The van der Waals surface area contributed by atoms with E-state index in [9.17, 15) is 0 Å². The first-order valence-electron chi connectivity index (χ1n) is 21.7. The van der Waals surface area contributed by atoms with Crippen LogP contribution in [0.5, 0.6) is 0 Å². The van der Waals surface area contributed by atoms with E-state index in [1.54, 1.807) is 0 Å². The maximum absolute atomic E-state index is 5.21. The molecule has 2 heterocycles. The number of nitrogens with zero attached hydrogens (tertiary/aromatic N) is 5. The Morgan fingerprint density at radius 1 is 0.297 bits per heavy atom. The number of benzene rings is 9. The van der Waals surface area contributed by atoms with Gasteiger partial charge >= 0.3 is 0 Å². The lowest BCUT2D eigenvalue weighted by molar-refractivity contribution is 0.794. The van der Waals surface area contributed by atoms with Gasteiger partial charge < -0.3 is 0 Å². The molecule has 1 spiro atoms. The summed E-state index contributed by atoms with van der Waals surface area (Å²) in [7, 11) is 0. The van der Waals surface area contributed by atoms with Crippen molar-refractivity contribution in [3.05, 3.63) is 247 Å². The predicted molar refractivity (Wildman–Crippen MR) is 258 cm³/mol. The molecule has 1 unspecified atom stereocenters. The van der Waals surface area contributed by atoms with Crippen molar-refractivity contribution in [1.29, 1.82) is 0 Å². The van der Waals surface area contributed by atoms with Crippen LogP contribution in [0.25, 0.3) is 95.7 Å². The lowest BCUT2D eigenvalue weighted by atomic mass is 9.70. The molecule has 11 aromatic rings. The Hall–Kier alpha value is -8.54. The minimum Gasteiger partial charge on any atom is -0.292 e. The highest BCUT2D eigenvalue weighted by Gasteiger charge is 2.51. The van der Waals surface area contributed by atoms with Gasteiger partial charge in [0.15, 0.2) is 17.5 Å². The van der Waals surface area contributed by atoms with E-state index in [1.807, 2.05) is 36.4 Å². The molecule has 2 aromatic heterocycles. The summed E-state index contributed by atoms with van der Waals surface area (Å²) in [5.41, 5.74) is 18.7. The molecular formula is C59H37N5. The first-order chi connectivity index (χ1) is 31.7. The first-order valence-corrected chi connectivity index (χ1v) is 21.7. The topological polar surface area (TPSA) is 56.5 Å². The Labute approximate surface area is 370 Å². The number of imidazole rings is 1. The lowest BCUT2D eigenvalue weighted by Crippen LogP contribution is -2.26. The Balaban J connectivity index is 1.01. The van der Waals surface area contributed by atoms with Gasteiger partial charge in [0.05, 0.1) is 16.4 Å². The summed E-state index contributed by atoms with van der Waals surface area (Å²) < 4.78 is 2.27. The van der Waals surface area contributed by atoms with E-state index in [0.717, 1.165) is 55.9 Å². The molecule has 0 saturated heterocycles. The summed E-state index contributed by atoms with van der Waals surface area (Å²) in [6, 6.07) is 79.9. The smallest absolute Gasteiger partial charge is 0.164 e. The molecule has 1 atom stereocenters. The van der Waals surface area contributed by atoms with Crippen LogP contribution in [0.2, 0.25) is 0 Å². The monoisotopic (exact) mass is 815 g/mol. The molecule has 5 heteroatoms. The molecule has 0 amide bonds. The SMILES string of the molecule is c1ccc(-c2nc(-c3ccccc3)nc(-c3ccc4c(c3)C3(c5ccccc5-c5ccc(-c6cccc(-c7nc8ccccc8n7-c7ccccc7)c6)cc53)c3ccccc3-4)n2)cc1. The van der Waals surface area contributed by atoms with Crippen LogP contribution in [-0.2, 0) is 5.41 Å². The van der Waals surface area contributed by atoms with E-state index < -0.39 is 5.41 Å². The van der Waals surface area contributed by atoms with Crippen LogP contribution >= 0.6 is 0 Å². The summed E-state index contributed by atoms with van der Waals surface area (Å²) in [5, 5.41) is 0. The number of aromatic nitrogens is 5. The van der Waals surface area contributed by atoms with Crippen molar-refractivity contribution in [2.75, 3.05) is 0 Å². The van der Waals surface area contributed by atoms with Crippen molar-refractivity contribution in [3.63, 3.8) is 0 Å². The standard InChI is InChI=1S/C59H37N5/c1-4-17-38(18-5-1)55-61-56(39-19-6-2-7-20-39)63-57(62-55)42-32-34-48-46-26-11-13-28-50(46)59(52(48)37-42)49-27-12-10-25-45(49)47-33-31-41(36-51(47)59)40-21-16-22-43(35-40)58-60-53-29-14-15-30-54(53)64(58)44-23-8-3-9-24-44/h1-37H. The Kier molecular flexibility index (Phi) is 8.06. The zero-order chi connectivity index (χ0) is 42.2. The fraction of sp³-hybridized carbons (Fsp3) is 0.0169. The van der Waals surface area contributed by atoms with Gasteiger partial charge in [-0.2, -0.15) is 0 Å². The second kappa shape index (κ2) is 14.3. The van der Waals surface area contributed by atoms with Crippen LogP contribution in [0.3, 0.4) is 0 Å². The third-order valence-electron chi connectivity index (χ3n) is 13.1. The molecular weight excluding hydrogens is 779 g/mol. The number of rotatable bonds is 6. The molecule has 0 saturated carbocycles. The zero-order valence-corrected chi connectivity index (χ0v) is 34.6. The van der Waals surface area contributed by atoms with E-state index in [2.05, 4.69) is 193 Å². The minimum atomic E-state index is -0.583. The zero-order valence-electron chi connectivity index (χ0n) is 34.6. The Morgan fingerprint density at radius 3 is 1.39 bits per heavy atom. The van der Waals surface area contributed by atoms with Gasteiger partial charge in [0.1, 0.15) is 5.82 Å². The summed E-state index contributed by atoms with van der Waals surface area (Å²) in [6.45, 7) is 0. The largest absolute Gasteiger partial charge is 0.292 e. The molecule has 0 radical (unpaired) electrons. The van der Waals surface area contributed by atoms with E-state index in [0.29, 0.717) is 17.5 Å². The molecule has 5 nitrogen and oxygen atoms in total. The number of para-hydroxylation sites is 3. The van der Waals surface area contributed by atoms with Crippen LogP contribution < -0.4 is 0 Å². The highest BCUT2D eigenvalue weighted by molar-refractivity contribution is 5.97. The molecule has 2 aliphatic carbocycles. The van der Waals surface area contributed by atoms with Crippen LogP contribution in [0.15, 0.2) is 224 Å². The van der Waals surface area contributed by atoms with Gasteiger partial charge in [-0.1, -0.05) is 182 Å². The molecule has 0 N–H and O–H groups in total. The molecule has 64 heavy (non-hydrogen) atoms. The summed E-state index contributed by atoms with van der Waals surface area (Å²) in [6.07, 6.45) is 0. The van der Waals surface area contributed by atoms with Gasteiger partial charge in [0.2, 0.25) is 0 Å². The molecule has 13 rings (SSSR count).